The van der Waals surface area contributed by atoms with E-state index in [4.69, 9.17) is 40.7 Å². The molecule has 17 nitrogen and oxygen atoms in total. The largest absolute Gasteiger partial charge is 0.469 e. The summed E-state index contributed by atoms with van der Waals surface area (Å²) >= 11 is 0. The molecule has 1 aliphatic heterocycles. The maximum Gasteiger partial charge on any atom is 0.469 e. The molecule has 7 atom stereocenters. The molecule has 10 N–H and O–H groups in total. The predicted molar refractivity (Wildman–Crippen MR) is 105 cm³/mol. The zero-order valence-electron chi connectivity index (χ0n) is 16.7. The van der Waals surface area contributed by atoms with Crippen LogP contribution in [0.25, 0.3) is 11.2 Å². The van der Waals surface area contributed by atoms with Crippen LogP contribution in [0.15, 0.2) is 12.7 Å². The molecule has 0 aliphatic carbocycles. The summed E-state index contributed by atoms with van der Waals surface area (Å²) < 4.78 is 21.8. The molecule has 0 aromatic carbocycles. The van der Waals surface area contributed by atoms with Gasteiger partial charge in [0, 0.05) is 0 Å². The van der Waals surface area contributed by atoms with E-state index in [9.17, 15) is 19.6 Å². The minimum absolute atomic E-state index is 0.0869. The molecule has 0 bridgehead atoms. The Morgan fingerprint density at radius 1 is 1.21 bits per heavy atom. The number of hydrogen-bond acceptors (Lipinski definition) is 14. The second-order valence-corrected chi connectivity index (χ2v) is 8.02. The molecule has 2 aromatic heterocycles. The number of aliphatic hydroxyl groups excluding tert-OH is 6. The Hall–Kier alpha value is -2.15. The van der Waals surface area contributed by atoms with Gasteiger partial charge < -0.3 is 55.7 Å². The second-order valence-electron chi connectivity index (χ2n) is 6.78. The maximum absolute atomic E-state index is 10.7. The summed E-state index contributed by atoms with van der Waals surface area (Å²) in [5, 5.41) is 54.1. The van der Waals surface area contributed by atoms with Gasteiger partial charge in [-0.15, -0.1) is 0 Å². The summed E-state index contributed by atoms with van der Waals surface area (Å²) in [4.78, 5) is 39.0. The average molecular weight is 497 g/mol. The highest BCUT2D eigenvalue weighted by Crippen LogP contribution is 2.38. The summed E-state index contributed by atoms with van der Waals surface area (Å²) in [6.45, 7) is -1.28. The highest BCUT2D eigenvalue weighted by atomic mass is 31.2. The number of aromatic nitrogens is 4. The Bertz CT molecular complexity index is 972. The molecule has 0 amide bonds. The van der Waals surface area contributed by atoms with Crippen molar-refractivity contribution in [2.24, 2.45) is 0 Å². The van der Waals surface area contributed by atoms with Gasteiger partial charge in [-0.3, -0.25) is 9.09 Å². The van der Waals surface area contributed by atoms with Gasteiger partial charge in [0.05, 0.1) is 19.5 Å². The molecule has 3 rings (SSSR count). The van der Waals surface area contributed by atoms with Crippen LogP contribution in [0.3, 0.4) is 0 Å². The number of nitrogens with two attached hydrogens (primary N) is 1. The number of aliphatic hydroxyl groups is 6. The van der Waals surface area contributed by atoms with Crippen LogP contribution in [0.2, 0.25) is 0 Å². The Kier molecular flexibility index (Phi) is 9.29. The van der Waals surface area contributed by atoms with Crippen molar-refractivity contribution < 1.29 is 59.0 Å². The minimum Gasteiger partial charge on any atom is -0.394 e. The molecule has 0 radical (unpaired) electrons. The summed E-state index contributed by atoms with van der Waals surface area (Å²) in [5.74, 6) is 0.142. The molecule has 0 spiro atoms. The van der Waals surface area contributed by atoms with Gasteiger partial charge in [-0.1, -0.05) is 0 Å². The van der Waals surface area contributed by atoms with E-state index in [-0.39, 0.29) is 17.8 Å². The van der Waals surface area contributed by atoms with Crippen LogP contribution < -0.4 is 5.73 Å². The number of phosphoric ester groups is 1. The summed E-state index contributed by atoms with van der Waals surface area (Å²) in [6.07, 6.45) is -7.12. The SMILES string of the molecule is Nc1ncnc2c1ncn2[C@@H]1O[C@H](COP(=O)(O)O)[C@@H](O)[C@H]1O.O=C[C@H](O)[C@H](O)[C@H](O)CO. The zero-order valence-corrected chi connectivity index (χ0v) is 17.6. The number of fused-ring (bicyclic) bond motifs is 1. The minimum atomic E-state index is -4.72. The number of ether oxygens (including phenoxy) is 1. The molecule has 186 valence electrons. The number of imidazole rings is 1. The molecule has 1 saturated heterocycles. The van der Waals surface area contributed by atoms with E-state index in [1.54, 1.807) is 0 Å². The fraction of sp³-hybridized carbons (Fsp3) is 0.600. The van der Waals surface area contributed by atoms with Crippen molar-refractivity contribution in [3.05, 3.63) is 12.7 Å². The van der Waals surface area contributed by atoms with Gasteiger partial charge in [-0.2, -0.15) is 0 Å². The number of rotatable bonds is 8. The first-order chi connectivity index (χ1) is 15.4. The Balaban J connectivity index is 0.000000328. The summed E-state index contributed by atoms with van der Waals surface area (Å²) in [7, 11) is -4.72. The Labute approximate surface area is 184 Å². The van der Waals surface area contributed by atoms with Crippen molar-refractivity contribution in [2.75, 3.05) is 18.9 Å². The van der Waals surface area contributed by atoms with Crippen LogP contribution in [-0.2, 0) is 18.6 Å². The lowest BCUT2D eigenvalue weighted by molar-refractivity contribution is -0.127. The van der Waals surface area contributed by atoms with Gasteiger partial charge >= 0.3 is 7.82 Å². The van der Waals surface area contributed by atoms with Crippen molar-refractivity contribution >= 4 is 31.1 Å². The van der Waals surface area contributed by atoms with E-state index < -0.39 is 63.9 Å². The van der Waals surface area contributed by atoms with Gasteiger partial charge in [0.1, 0.15) is 48.5 Å². The van der Waals surface area contributed by atoms with Gasteiger partial charge in [-0.25, -0.2) is 19.5 Å². The van der Waals surface area contributed by atoms with E-state index in [0.29, 0.717) is 5.52 Å². The van der Waals surface area contributed by atoms with E-state index in [1.807, 2.05) is 0 Å². The molecule has 18 heteroatoms. The molecular formula is C15H24N5O12P. The lowest BCUT2D eigenvalue weighted by Gasteiger charge is -2.16. The van der Waals surface area contributed by atoms with Gasteiger partial charge in [0.15, 0.2) is 24.0 Å². The number of phosphoric acid groups is 1. The van der Waals surface area contributed by atoms with Crippen molar-refractivity contribution in [2.45, 2.75) is 42.9 Å². The Morgan fingerprint density at radius 3 is 2.45 bits per heavy atom. The first-order valence-corrected chi connectivity index (χ1v) is 10.7. The molecule has 2 aromatic rings. The molecule has 0 saturated carbocycles. The molecule has 0 unspecified atom stereocenters. The van der Waals surface area contributed by atoms with Crippen LogP contribution >= 0.6 is 7.82 Å². The van der Waals surface area contributed by atoms with Crippen LogP contribution in [0, 0.1) is 0 Å². The fourth-order valence-electron chi connectivity index (χ4n) is 2.74. The molecule has 1 fully saturated rings. The normalized spacial score (nSPS) is 25.8. The summed E-state index contributed by atoms with van der Waals surface area (Å²) in [6, 6.07) is 0. The zero-order chi connectivity index (χ0) is 24.9. The van der Waals surface area contributed by atoms with E-state index in [1.165, 1.54) is 17.2 Å². The second kappa shape index (κ2) is 11.3. The maximum atomic E-state index is 10.7. The van der Waals surface area contributed by atoms with E-state index in [0.717, 1.165) is 0 Å². The monoisotopic (exact) mass is 497 g/mol. The number of nitrogen functional groups attached to an aromatic ring is 1. The quantitative estimate of drug-likeness (QED) is 0.122. The van der Waals surface area contributed by atoms with Crippen LogP contribution in [0.4, 0.5) is 5.82 Å². The topological polar surface area (TPSA) is 284 Å². The van der Waals surface area contributed by atoms with Gasteiger partial charge in [0.25, 0.3) is 0 Å². The van der Waals surface area contributed by atoms with Crippen molar-refractivity contribution in [1.29, 1.82) is 0 Å². The third-order valence-electron chi connectivity index (χ3n) is 4.48. The average Bonchev–Trinajstić information content (AvgIpc) is 3.32. The number of anilines is 1. The molecule has 33 heavy (non-hydrogen) atoms. The highest BCUT2D eigenvalue weighted by molar-refractivity contribution is 7.46. The van der Waals surface area contributed by atoms with Gasteiger partial charge in [-0.05, 0) is 0 Å². The third kappa shape index (κ3) is 6.69. The third-order valence-corrected chi connectivity index (χ3v) is 4.96. The molecule has 1 aliphatic rings. The first-order valence-electron chi connectivity index (χ1n) is 9.16. The lowest BCUT2D eigenvalue weighted by Crippen LogP contribution is -2.40. The van der Waals surface area contributed by atoms with Crippen molar-refractivity contribution in [3.8, 4) is 0 Å². The first kappa shape index (κ1) is 27.1. The Morgan fingerprint density at radius 2 is 1.88 bits per heavy atom. The fourth-order valence-corrected chi connectivity index (χ4v) is 3.08. The van der Waals surface area contributed by atoms with E-state index in [2.05, 4.69) is 19.5 Å². The van der Waals surface area contributed by atoms with Crippen LogP contribution in [-0.4, -0.2) is 116 Å². The number of aldehydes is 1. The van der Waals surface area contributed by atoms with Gasteiger partial charge in [0.2, 0.25) is 0 Å². The van der Waals surface area contributed by atoms with Crippen LogP contribution in [0.1, 0.15) is 6.23 Å². The number of carbonyl (C=O) groups is 1. The van der Waals surface area contributed by atoms with Crippen molar-refractivity contribution in [1.82, 2.24) is 19.5 Å². The van der Waals surface area contributed by atoms with Crippen molar-refractivity contribution in [3.63, 3.8) is 0 Å². The number of hydrogen-bond donors (Lipinski definition) is 9. The molecule has 3 heterocycles. The molecular weight excluding hydrogens is 473 g/mol. The lowest BCUT2D eigenvalue weighted by atomic mass is 10.1. The number of carbonyl (C=O) groups excluding carboxylic acids is 1. The standard InChI is InChI=1S/C10H14N5O7P.C5H10O5/c11-8-5-9(13-2-12-8)15(3-14-5)10-7(17)6(16)4(22-10)1-21-23(18,19)20;6-1-3(8)5(10)4(9)2-7/h2-4,6-7,10,16-17H,1H2,(H2,11,12,13)(H2,18,19,20);1,3-5,7-10H,2H2/t4-,6-,7-,10-;3-,4+,5-/m10/s1. The highest BCUT2D eigenvalue weighted by Gasteiger charge is 2.45. The number of nitrogens with zero attached hydrogens (tertiary/aromatic N) is 4. The summed E-state index contributed by atoms with van der Waals surface area (Å²) in [5.41, 5.74) is 6.25. The smallest absolute Gasteiger partial charge is 0.394 e. The van der Waals surface area contributed by atoms with Crippen LogP contribution in [0.5, 0.6) is 0 Å². The predicted octanol–water partition coefficient (Wildman–Crippen LogP) is -4.60. The van der Waals surface area contributed by atoms with E-state index >= 15 is 0 Å².